The van der Waals surface area contributed by atoms with Crippen LogP contribution in [0, 0.1) is 6.92 Å². The topological polar surface area (TPSA) is 63.7 Å². The average molecular weight is 484 g/mol. The first kappa shape index (κ1) is 26.9. The number of nitrogens with zero attached hydrogens (tertiary/aromatic N) is 3. The van der Waals surface area contributed by atoms with E-state index in [1.54, 1.807) is 0 Å². The third kappa shape index (κ3) is 7.13. The minimum atomic E-state index is 0.118. The van der Waals surface area contributed by atoms with E-state index in [2.05, 4.69) is 84.0 Å². The summed E-state index contributed by atoms with van der Waals surface area (Å²) in [7, 11) is 2.18. The molecule has 0 amide bonds. The monoisotopic (exact) mass is 483 g/mol. The fourth-order valence-corrected chi connectivity index (χ4v) is 5.35. The Labute approximate surface area is 209 Å². The number of pyridine rings is 1. The Morgan fingerprint density at radius 2 is 2.06 bits per heavy atom. The van der Waals surface area contributed by atoms with Crippen molar-refractivity contribution in [3.63, 3.8) is 0 Å². The zero-order valence-electron chi connectivity index (χ0n) is 21.3. The van der Waals surface area contributed by atoms with Gasteiger partial charge in [-0.3, -0.25) is 9.88 Å². The molecule has 2 atom stereocenters. The molecule has 1 fully saturated rings. The first-order chi connectivity index (χ1) is 16.5. The van der Waals surface area contributed by atoms with E-state index in [0.29, 0.717) is 0 Å². The minimum absolute atomic E-state index is 0.118. The SMILES string of the molecule is C/C=C(\C=C(\C)CO)CCN(CC)CCCSC1NNC(c2cccc3nc(C)ccc23)N1C. The van der Waals surface area contributed by atoms with Gasteiger partial charge in [0.1, 0.15) is 11.7 Å². The number of thioether (sulfide) groups is 1. The maximum Gasteiger partial charge on any atom is 0.122 e. The zero-order valence-corrected chi connectivity index (χ0v) is 22.2. The molecular formula is C27H41N5OS. The second kappa shape index (κ2) is 13.4. The molecule has 0 bridgehead atoms. The number of allylic oxidation sites excluding steroid dienone is 2. The summed E-state index contributed by atoms with van der Waals surface area (Å²) in [5.41, 5.74) is 12.9. The summed E-state index contributed by atoms with van der Waals surface area (Å²) in [6, 6.07) is 10.6. The fourth-order valence-electron chi connectivity index (χ4n) is 4.33. The lowest BCUT2D eigenvalue weighted by atomic mass is 10.1. The molecule has 0 saturated carbocycles. The molecule has 3 rings (SSSR count). The van der Waals surface area contributed by atoms with Crippen molar-refractivity contribution in [1.82, 2.24) is 25.6 Å². The van der Waals surface area contributed by atoms with E-state index >= 15 is 0 Å². The molecule has 1 saturated heterocycles. The van der Waals surface area contributed by atoms with Crippen LogP contribution in [-0.4, -0.2) is 64.4 Å². The van der Waals surface area contributed by atoms with Crippen molar-refractivity contribution in [3.8, 4) is 0 Å². The third-order valence-electron chi connectivity index (χ3n) is 6.43. The number of aliphatic hydroxyl groups is 1. The number of hydrogen-bond donors (Lipinski definition) is 3. The molecule has 0 spiro atoms. The van der Waals surface area contributed by atoms with Gasteiger partial charge >= 0.3 is 0 Å². The van der Waals surface area contributed by atoms with Gasteiger partial charge in [-0.2, -0.15) is 0 Å². The molecule has 0 radical (unpaired) electrons. The number of aromatic nitrogens is 1. The highest BCUT2D eigenvalue weighted by molar-refractivity contribution is 7.99. The highest BCUT2D eigenvalue weighted by Gasteiger charge is 2.31. The first-order valence-corrected chi connectivity index (χ1v) is 13.4. The maximum absolute atomic E-state index is 9.27. The van der Waals surface area contributed by atoms with Gasteiger partial charge in [0.15, 0.2) is 0 Å². The highest BCUT2D eigenvalue weighted by atomic mass is 32.2. The third-order valence-corrected chi connectivity index (χ3v) is 7.72. The summed E-state index contributed by atoms with van der Waals surface area (Å²) < 4.78 is 0. The van der Waals surface area contributed by atoms with Gasteiger partial charge in [0.2, 0.25) is 0 Å². The quantitative estimate of drug-likeness (QED) is 0.302. The number of nitrogens with one attached hydrogen (secondary N) is 2. The average Bonchev–Trinajstić information content (AvgIpc) is 3.21. The van der Waals surface area contributed by atoms with Crippen molar-refractivity contribution in [2.75, 3.05) is 39.0 Å². The Kier molecular flexibility index (Phi) is 10.6. The van der Waals surface area contributed by atoms with Gasteiger partial charge in [0.25, 0.3) is 0 Å². The standard InChI is InChI=1S/C27H41N5OS/c1-6-22(18-20(3)19-33)14-16-32(7-2)15-9-17-34-27-30-29-26(31(27)5)24-10-8-11-25-23(24)13-12-21(4)28-25/h6,8,10-13,18,26-27,29-30,33H,7,9,14-17,19H2,1-5H3/b20-18-,22-6-. The summed E-state index contributed by atoms with van der Waals surface area (Å²) >= 11 is 1.95. The number of hydrazine groups is 1. The molecule has 1 aromatic heterocycles. The lowest BCUT2D eigenvalue weighted by Gasteiger charge is -2.25. The Balaban J connectivity index is 1.47. The molecule has 34 heavy (non-hydrogen) atoms. The van der Waals surface area contributed by atoms with Crippen LogP contribution in [0.5, 0.6) is 0 Å². The van der Waals surface area contributed by atoms with Crippen molar-refractivity contribution < 1.29 is 5.11 Å². The summed E-state index contributed by atoms with van der Waals surface area (Å²) in [4.78, 5) is 9.58. The van der Waals surface area contributed by atoms with Gasteiger partial charge in [-0.15, -0.1) is 11.8 Å². The molecule has 7 heteroatoms. The normalized spacial score (nSPS) is 20.1. The van der Waals surface area contributed by atoms with Crippen molar-refractivity contribution in [2.24, 2.45) is 0 Å². The van der Waals surface area contributed by atoms with Crippen LogP contribution in [0.3, 0.4) is 0 Å². The molecule has 2 aromatic rings. The number of rotatable bonds is 12. The Morgan fingerprint density at radius 1 is 1.24 bits per heavy atom. The van der Waals surface area contributed by atoms with E-state index in [-0.39, 0.29) is 18.3 Å². The number of hydrogen-bond acceptors (Lipinski definition) is 7. The zero-order chi connectivity index (χ0) is 24.5. The molecule has 6 nitrogen and oxygen atoms in total. The molecular weight excluding hydrogens is 442 g/mol. The van der Waals surface area contributed by atoms with Crippen LogP contribution in [0.25, 0.3) is 10.9 Å². The number of benzene rings is 1. The van der Waals surface area contributed by atoms with Crippen LogP contribution in [0.15, 0.2) is 53.6 Å². The smallest absolute Gasteiger partial charge is 0.122 e. The Bertz CT molecular complexity index is 992. The fraction of sp³-hybridized carbons (Fsp3) is 0.519. The van der Waals surface area contributed by atoms with Gasteiger partial charge in [-0.1, -0.05) is 42.8 Å². The summed E-state index contributed by atoms with van der Waals surface area (Å²) in [5.74, 6) is 1.10. The highest BCUT2D eigenvalue weighted by Crippen LogP contribution is 2.31. The second-order valence-electron chi connectivity index (χ2n) is 9.00. The van der Waals surface area contributed by atoms with E-state index in [1.807, 2.05) is 25.6 Å². The van der Waals surface area contributed by atoms with Crippen LogP contribution in [0.4, 0.5) is 0 Å². The van der Waals surface area contributed by atoms with Crippen molar-refractivity contribution >= 4 is 22.7 Å². The van der Waals surface area contributed by atoms with Gasteiger partial charge in [-0.05, 0) is 82.8 Å². The largest absolute Gasteiger partial charge is 0.392 e. The van der Waals surface area contributed by atoms with Crippen molar-refractivity contribution in [2.45, 2.75) is 52.2 Å². The van der Waals surface area contributed by atoms with Gasteiger partial charge < -0.3 is 10.0 Å². The lowest BCUT2D eigenvalue weighted by Crippen LogP contribution is -2.32. The van der Waals surface area contributed by atoms with Crippen LogP contribution < -0.4 is 10.9 Å². The predicted molar refractivity (Wildman–Crippen MR) is 145 cm³/mol. The van der Waals surface area contributed by atoms with Crippen LogP contribution in [-0.2, 0) is 0 Å². The van der Waals surface area contributed by atoms with Gasteiger partial charge in [0.05, 0.1) is 12.1 Å². The Hall–Kier alpha value is -1.74. The predicted octanol–water partition coefficient (Wildman–Crippen LogP) is 4.59. The first-order valence-electron chi connectivity index (χ1n) is 12.3. The van der Waals surface area contributed by atoms with Crippen molar-refractivity contribution in [3.05, 3.63) is 64.9 Å². The molecule has 3 N–H and O–H groups in total. The number of fused-ring (bicyclic) bond motifs is 1. The van der Waals surface area contributed by atoms with E-state index in [9.17, 15) is 5.11 Å². The van der Waals surface area contributed by atoms with Gasteiger partial charge in [0, 0.05) is 17.6 Å². The maximum atomic E-state index is 9.27. The van der Waals surface area contributed by atoms with Crippen LogP contribution in [0.2, 0.25) is 0 Å². The molecule has 1 aliphatic rings. The lowest BCUT2D eigenvalue weighted by molar-refractivity contribution is 0.284. The second-order valence-corrected chi connectivity index (χ2v) is 10.2. The van der Waals surface area contributed by atoms with Crippen LogP contribution in [0.1, 0.15) is 51.0 Å². The molecule has 186 valence electrons. The molecule has 2 heterocycles. The number of aliphatic hydroxyl groups excluding tert-OH is 1. The van der Waals surface area contributed by atoms with Crippen LogP contribution >= 0.6 is 11.8 Å². The summed E-state index contributed by atoms with van der Waals surface area (Å²) in [6.07, 6.45) is 6.56. The van der Waals surface area contributed by atoms with Gasteiger partial charge in [-0.25, -0.2) is 10.9 Å². The molecule has 0 aliphatic carbocycles. The van der Waals surface area contributed by atoms with E-state index in [1.165, 1.54) is 16.5 Å². The van der Waals surface area contributed by atoms with E-state index in [0.717, 1.165) is 55.0 Å². The molecule has 2 unspecified atom stereocenters. The molecule has 1 aliphatic heterocycles. The minimum Gasteiger partial charge on any atom is -0.392 e. The number of aryl methyl sites for hydroxylation is 1. The summed E-state index contributed by atoms with van der Waals surface area (Å²) in [6.45, 7) is 11.7. The Morgan fingerprint density at radius 3 is 2.79 bits per heavy atom. The van der Waals surface area contributed by atoms with Crippen molar-refractivity contribution in [1.29, 1.82) is 0 Å². The van der Waals surface area contributed by atoms with E-state index < -0.39 is 0 Å². The summed E-state index contributed by atoms with van der Waals surface area (Å²) in [5, 5.41) is 10.5. The molecule has 1 aromatic carbocycles. The van der Waals surface area contributed by atoms with E-state index in [4.69, 9.17) is 4.98 Å².